The molecule has 2 heterocycles. The van der Waals surface area contributed by atoms with Crippen LogP contribution in [0.25, 0.3) is 0 Å². The van der Waals surface area contributed by atoms with Gasteiger partial charge in [0, 0.05) is 13.1 Å². The third-order valence-corrected chi connectivity index (χ3v) is 5.27. The summed E-state index contributed by atoms with van der Waals surface area (Å²) >= 11 is 13.3. The second-order valence-corrected chi connectivity index (χ2v) is 7.22. The number of amides is 1. The lowest BCUT2D eigenvalue weighted by Gasteiger charge is -2.36. The van der Waals surface area contributed by atoms with Crippen molar-refractivity contribution in [1.29, 1.82) is 0 Å². The predicted molar refractivity (Wildman–Crippen MR) is 87.3 cm³/mol. The Labute approximate surface area is 137 Å². The first kappa shape index (κ1) is 14.9. The normalized spacial score (nSPS) is 17.7. The standard InChI is InChI=1S/C15H14Cl2N2OS/c16-13-7-11(14(17)21-13)15(20)19-6-5-9-3-1-2-4-10(9)12(19)8-18/h1-4,7,12H,5-6,8,18H2. The van der Waals surface area contributed by atoms with Crippen LogP contribution in [0.3, 0.4) is 0 Å². The Hall–Kier alpha value is -1.07. The molecule has 0 aliphatic carbocycles. The van der Waals surface area contributed by atoms with Crippen molar-refractivity contribution in [2.45, 2.75) is 12.5 Å². The summed E-state index contributed by atoms with van der Waals surface area (Å²) in [5.74, 6) is -0.104. The molecule has 1 atom stereocenters. The highest BCUT2D eigenvalue weighted by atomic mass is 35.5. The van der Waals surface area contributed by atoms with E-state index in [1.807, 2.05) is 18.2 Å². The van der Waals surface area contributed by atoms with Gasteiger partial charge in [0.25, 0.3) is 5.91 Å². The van der Waals surface area contributed by atoms with Crippen molar-refractivity contribution >= 4 is 40.4 Å². The van der Waals surface area contributed by atoms with E-state index in [9.17, 15) is 4.79 Å². The summed E-state index contributed by atoms with van der Waals surface area (Å²) in [6.07, 6.45) is 0.827. The van der Waals surface area contributed by atoms with Crippen LogP contribution >= 0.6 is 34.5 Å². The number of fused-ring (bicyclic) bond motifs is 1. The predicted octanol–water partition coefficient (Wildman–Crippen LogP) is 3.75. The van der Waals surface area contributed by atoms with Crippen LogP contribution in [0.5, 0.6) is 0 Å². The number of hydrogen-bond acceptors (Lipinski definition) is 3. The fourth-order valence-electron chi connectivity index (χ4n) is 2.79. The molecule has 1 unspecified atom stereocenters. The second-order valence-electron chi connectivity index (χ2n) is 4.94. The Balaban J connectivity index is 1.96. The van der Waals surface area contributed by atoms with E-state index in [2.05, 4.69) is 6.07 Å². The third-order valence-electron chi connectivity index (χ3n) is 3.78. The summed E-state index contributed by atoms with van der Waals surface area (Å²) in [4.78, 5) is 14.5. The largest absolute Gasteiger partial charge is 0.330 e. The maximum absolute atomic E-state index is 12.7. The molecule has 2 N–H and O–H groups in total. The Morgan fingerprint density at radius 3 is 2.81 bits per heavy atom. The number of thiophene rings is 1. The molecule has 2 aromatic rings. The lowest BCUT2D eigenvalue weighted by Crippen LogP contribution is -2.43. The molecule has 3 rings (SSSR count). The zero-order chi connectivity index (χ0) is 15.0. The third kappa shape index (κ3) is 2.69. The van der Waals surface area contributed by atoms with Gasteiger partial charge in [-0.05, 0) is 23.6 Å². The Morgan fingerprint density at radius 2 is 2.14 bits per heavy atom. The Kier molecular flexibility index (Phi) is 4.22. The van der Waals surface area contributed by atoms with Crippen molar-refractivity contribution in [2.24, 2.45) is 5.73 Å². The van der Waals surface area contributed by atoms with E-state index >= 15 is 0 Å². The van der Waals surface area contributed by atoms with Crippen molar-refractivity contribution in [2.75, 3.05) is 13.1 Å². The van der Waals surface area contributed by atoms with Crippen LogP contribution in [-0.4, -0.2) is 23.9 Å². The fraction of sp³-hybridized carbons (Fsp3) is 0.267. The molecule has 21 heavy (non-hydrogen) atoms. The second kappa shape index (κ2) is 5.97. The van der Waals surface area contributed by atoms with Gasteiger partial charge in [-0.1, -0.05) is 47.5 Å². The molecular formula is C15H14Cl2N2OS. The molecule has 1 aliphatic rings. The number of carbonyl (C=O) groups is 1. The Bertz CT molecular complexity index is 686. The van der Waals surface area contributed by atoms with Gasteiger partial charge in [0.05, 0.1) is 15.9 Å². The number of halogens is 2. The molecule has 0 spiro atoms. The van der Waals surface area contributed by atoms with E-state index in [1.54, 1.807) is 11.0 Å². The molecule has 1 aromatic carbocycles. The van der Waals surface area contributed by atoms with Crippen LogP contribution in [0, 0.1) is 0 Å². The van der Waals surface area contributed by atoms with Gasteiger partial charge in [-0.3, -0.25) is 4.79 Å². The van der Waals surface area contributed by atoms with Gasteiger partial charge >= 0.3 is 0 Å². The first-order valence-electron chi connectivity index (χ1n) is 6.65. The first-order valence-corrected chi connectivity index (χ1v) is 8.22. The molecule has 0 radical (unpaired) electrons. The lowest BCUT2D eigenvalue weighted by molar-refractivity contribution is 0.0668. The molecule has 1 aromatic heterocycles. The maximum Gasteiger partial charge on any atom is 0.256 e. The van der Waals surface area contributed by atoms with Gasteiger partial charge in [-0.25, -0.2) is 0 Å². The zero-order valence-corrected chi connectivity index (χ0v) is 13.5. The minimum absolute atomic E-state index is 0.104. The summed E-state index contributed by atoms with van der Waals surface area (Å²) in [7, 11) is 0. The minimum atomic E-state index is -0.114. The van der Waals surface area contributed by atoms with E-state index in [4.69, 9.17) is 28.9 Å². The highest BCUT2D eigenvalue weighted by molar-refractivity contribution is 7.20. The molecule has 3 nitrogen and oxygen atoms in total. The molecule has 0 saturated heterocycles. The summed E-state index contributed by atoms with van der Waals surface area (Å²) < 4.78 is 0.949. The summed E-state index contributed by atoms with van der Waals surface area (Å²) in [6.45, 7) is 1.03. The smallest absolute Gasteiger partial charge is 0.256 e. The average Bonchev–Trinajstić information content (AvgIpc) is 2.84. The summed E-state index contributed by atoms with van der Waals surface area (Å²) in [5, 5.41) is 0. The van der Waals surface area contributed by atoms with Gasteiger partial charge in [0.15, 0.2) is 0 Å². The highest BCUT2D eigenvalue weighted by Crippen LogP contribution is 2.35. The number of hydrogen-bond donors (Lipinski definition) is 1. The fourth-order valence-corrected chi connectivity index (χ4v) is 4.24. The van der Waals surface area contributed by atoms with Crippen molar-refractivity contribution in [1.82, 2.24) is 4.90 Å². The molecule has 0 saturated carbocycles. The minimum Gasteiger partial charge on any atom is -0.330 e. The van der Waals surface area contributed by atoms with Crippen molar-refractivity contribution in [3.63, 3.8) is 0 Å². The number of nitrogens with two attached hydrogens (primary N) is 1. The molecule has 110 valence electrons. The lowest BCUT2D eigenvalue weighted by atomic mass is 9.92. The van der Waals surface area contributed by atoms with Crippen LogP contribution in [0.1, 0.15) is 27.5 Å². The number of benzene rings is 1. The van der Waals surface area contributed by atoms with E-state index in [1.165, 1.54) is 16.9 Å². The Morgan fingerprint density at radius 1 is 1.38 bits per heavy atom. The summed E-state index contributed by atoms with van der Waals surface area (Å²) in [5.41, 5.74) is 8.76. The monoisotopic (exact) mass is 340 g/mol. The van der Waals surface area contributed by atoms with Gasteiger partial charge in [0.1, 0.15) is 4.34 Å². The molecule has 1 amide bonds. The van der Waals surface area contributed by atoms with Gasteiger partial charge in [0.2, 0.25) is 0 Å². The van der Waals surface area contributed by atoms with Crippen LogP contribution in [-0.2, 0) is 6.42 Å². The number of rotatable bonds is 2. The first-order chi connectivity index (χ1) is 10.1. The van der Waals surface area contributed by atoms with Gasteiger partial charge in [-0.2, -0.15) is 0 Å². The number of carbonyl (C=O) groups excluding carboxylic acids is 1. The van der Waals surface area contributed by atoms with E-state index < -0.39 is 0 Å². The summed E-state index contributed by atoms with van der Waals surface area (Å²) in [6, 6.07) is 9.63. The van der Waals surface area contributed by atoms with Crippen LogP contribution < -0.4 is 5.73 Å². The number of nitrogens with zero attached hydrogens (tertiary/aromatic N) is 1. The highest BCUT2D eigenvalue weighted by Gasteiger charge is 2.31. The quantitative estimate of drug-likeness (QED) is 0.904. The van der Waals surface area contributed by atoms with Crippen molar-refractivity contribution in [3.8, 4) is 0 Å². The molecule has 0 bridgehead atoms. The van der Waals surface area contributed by atoms with E-state index in [0.717, 1.165) is 12.0 Å². The topological polar surface area (TPSA) is 46.3 Å². The average molecular weight is 341 g/mol. The van der Waals surface area contributed by atoms with Crippen molar-refractivity contribution in [3.05, 3.63) is 55.7 Å². The maximum atomic E-state index is 12.7. The zero-order valence-electron chi connectivity index (χ0n) is 11.2. The molecule has 6 heteroatoms. The SMILES string of the molecule is NCC1c2ccccc2CCN1C(=O)c1cc(Cl)sc1Cl. The van der Waals surface area contributed by atoms with Crippen LogP contribution in [0.4, 0.5) is 0 Å². The van der Waals surface area contributed by atoms with Crippen LogP contribution in [0.2, 0.25) is 8.67 Å². The molecule has 1 aliphatic heterocycles. The van der Waals surface area contributed by atoms with Crippen molar-refractivity contribution < 1.29 is 4.79 Å². The molecule has 0 fully saturated rings. The van der Waals surface area contributed by atoms with Gasteiger partial charge < -0.3 is 10.6 Å². The van der Waals surface area contributed by atoms with Crippen LogP contribution in [0.15, 0.2) is 30.3 Å². The van der Waals surface area contributed by atoms with E-state index in [0.29, 0.717) is 27.3 Å². The van der Waals surface area contributed by atoms with Gasteiger partial charge in [-0.15, -0.1) is 11.3 Å². The molecular weight excluding hydrogens is 327 g/mol. The van der Waals surface area contributed by atoms with E-state index in [-0.39, 0.29) is 11.9 Å².